The van der Waals surface area contributed by atoms with Gasteiger partial charge in [-0.3, -0.25) is 10.1 Å². The molecule has 24 heavy (non-hydrogen) atoms. The Kier molecular flexibility index (Phi) is 4.24. The summed E-state index contributed by atoms with van der Waals surface area (Å²) in [6.45, 7) is 4.12. The van der Waals surface area contributed by atoms with Crippen LogP contribution in [0.2, 0.25) is 0 Å². The molecule has 0 saturated carbocycles. The first-order chi connectivity index (χ1) is 11.5. The van der Waals surface area contributed by atoms with Gasteiger partial charge < -0.3 is 5.32 Å². The van der Waals surface area contributed by atoms with Crippen molar-refractivity contribution in [2.45, 2.75) is 20.4 Å². The third kappa shape index (κ3) is 3.24. The first-order valence-electron chi connectivity index (χ1n) is 7.51. The van der Waals surface area contributed by atoms with E-state index in [1.54, 1.807) is 13.0 Å². The lowest BCUT2D eigenvalue weighted by Gasteiger charge is -2.11. The Morgan fingerprint density at radius 2 is 1.96 bits per heavy atom. The summed E-state index contributed by atoms with van der Waals surface area (Å²) in [6, 6.07) is 13.0. The minimum atomic E-state index is -0.429. The second-order valence-electron chi connectivity index (χ2n) is 5.44. The van der Waals surface area contributed by atoms with Crippen molar-refractivity contribution < 1.29 is 4.92 Å². The van der Waals surface area contributed by atoms with Crippen LogP contribution in [0.4, 0.5) is 11.5 Å². The zero-order valence-corrected chi connectivity index (χ0v) is 13.4. The normalized spacial score (nSPS) is 10.6. The molecule has 0 aliphatic carbocycles. The highest BCUT2D eigenvalue weighted by Crippen LogP contribution is 2.19. The van der Waals surface area contributed by atoms with E-state index in [0.717, 1.165) is 16.9 Å². The second-order valence-corrected chi connectivity index (χ2v) is 5.44. The van der Waals surface area contributed by atoms with E-state index in [1.165, 1.54) is 6.07 Å². The molecule has 0 bridgehead atoms. The molecular weight excluding hydrogens is 306 g/mol. The van der Waals surface area contributed by atoms with Crippen molar-refractivity contribution in [1.82, 2.24) is 14.8 Å². The Balaban J connectivity index is 1.80. The van der Waals surface area contributed by atoms with E-state index in [9.17, 15) is 10.1 Å². The van der Waals surface area contributed by atoms with Crippen molar-refractivity contribution >= 4 is 11.5 Å². The number of rotatable bonds is 5. The summed E-state index contributed by atoms with van der Waals surface area (Å²) < 4.78 is 1.83. The summed E-state index contributed by atoms with van der Waals surface area (Å²) >= 11 is 0. The molecule has 0 spiro atoms. The average Bonchev–Trinajstić information content (AvgIpc) is 2.99. The number of nitro groups is 1. The van der Waals surface area contributed by atoms with Crippen LogP contribution in [0.25, 0.3) is 5.69 Å². The minimum absolute atomic E-state index is 0.0213. The maximum absolute atomic E-state index is 10.9. The maximum atomic E-state index is 10.9. The number of aryl methyl sites for hydroxylation is 2. The summed E-state index contributed by atoms with van der Waals surface area (Å²) in [6.07, 6.45) is 1.92. The van der Waals surface area contributed by atoms with E-state index in [4.69, 9.17) is 0 Å². The summed E-state index contributed by atoms with van der Waals surface area (Å²) in [4.78, 5) is 14.7. The van der Waals surface area contributed by atoms with Crippen molar-refractivity contribution in [3.8, 4) is 5.69 Å². The molecule has 7 heteroatoms. The van der Waals surface area contributed by atoms with Gasteiger partial charge in [-0.25, -0.2) is 9.67 Å². The lowest BCUT2D eigenvalue weighted by atomic mass is 10.2. The second kappa shape index (κ2) is 6.49. The molecule has 0 unspecified atom stereocenters. The Bertz CT molecular complexity index is 888. The molecular formula is C17H17N5O2. The fourth-order valence-electron chi connectivity index (χ4n) is 2.46. The summed E-state index contributed by atoms with van der Waals surface area (Å²) in [5, 5.41) is 18.5. The highest BCUT2D eigenvalue weighted by atomic mass is 16.6. The molecule has 0 aliphatic heterocycles. The number of anilines is 1. The van der Waals surface area contributed by atoms with Gasteiger partial charge in [0.05, 0.1) is 16.3 Å². The van der Waals surface area contributed by atoms with Crippen molar-refractivity contribution in [2.24, 2.45) is 0 Å². The molecule has 1 aromatic carbocycles. The van der Waals surface area contributed by atoms with Gasteiger partial charge in [-0.05, 0) is 37.6 Å². The number of nitrogens with zero attached hydrogens (tertiary/aromatic N) is 4. The monoisotopic (exact) mass is 323 g/mol. The molecule has 2 aromatic heterocycles. The van der Waals surface area contributed by atoms with Gasteiger partial charge in [0, 0.05) is 18.8 Å². The fourth-order valence-corrected chi connectivity index (χ4v) is 2.46. The molecule has 0 aliphatic rings. The largest absolute Gasteiger partial charge is 0.366 e. The number of para-hydroxylation sites is 1. The first-order valence-corrected chi connectivity index (χ1v) is 7.51. The SMILES string of the molecule is Cc1ccn(-c2ccccc2CNc2ccc([N+](=O)[O-])c(C)n2)n1. The van der Waals surface area contributed by atoms with Gasteiger partial charge in [0.1, 0.15) is 11.5 Å². The number of hydrogen-bond acceptors (Lipinski definition) is 5. The molecule has 122 valence electrons. The number of benzene rings is 1. The van der Waals surface area contributed by atoms with Gasteiger partial charge in [0.15, 0.2) is 0 Å². The fraction of sp³-hybridized carbons (Fsp3) is 0.176. The predicted octanol–water partition coefficient (Wildman–Crippen LogP) is 3.40. The Morgan fingerprint density at radius 1 is 1.17 bits per heavy atom. The average molecular weight is 323 g/mol. The molecule has 0 atom stereocenters. The molecule has 0 saturated heterocycles. The number of hydrogen-bond donors (Lipinski definition) is 1. The third-order valence-corrected chi connectivity index (χ3v) is 3.68. The van der Waals surface area contributed by atoms with Crippen molar-refractivity contribution in [3.63, 3.8) is 0 Å². The zero-order chi connectivity index (χ0) is 17.1. The van der Waals surface area contributed by atoms with Crippen LogP contribution in [0.3, 0.4) is 0 Å². The molecule has 2 heterocycles. The zero-order valence-electron chi connectivity index (χ0n) is 13.4. The number of nitrogens with one attached hydrogen (secondary N) is 1. The molecule has 0 fully saturated rings. The van der Waals surface area contributed by atoms with E-state index in [0.29, 0.717) is 18.1 Å². The minimum Gasteiger partial charge on any atom is -0.366 e. The molecule has 0 radical (unpaired) electrons. The topological polar surface area (TPSA) is 85.9 Å². The van der Waals surface area contributed by atoms with E-state index >= 15 is 0 Å². The highest BCUT2D eigenvalue weighted by molar-refractivity contribution is 5.47. The van der Waals surface area contributed by atoms with Crippen molar-refractivity contribution in [2.75, 3.05) is 5.32 Å². The van der Waals surface area contributed by atoms with Crippen molar-refractivity contribution in [3.05, 3.63) is 75.7 Å². The van der Waals surface area contributed by atoms with E-state index in [-0.39, 0.29) is 5.69 Å². The summed E-state index contributed by atoms with van der Waals surface area (Å²) in [5.74, 6) is 0.601. The summed E-state index contributed by atoms with van der Waals surface area (Å²) in [5.41, 5.74) is 3.40. The quantitative estimate of drug-likeness (QED) is 0.574. The van der Waals surface area contributed by atoms with Gasteiger partial charge in [-0.1, -0.05) is 18.2 Å². The third-order valence-electron chi connectivity index (χ3n) is 3.68. The molecule has 0 amide bonds. The van der Waals surface area contributed by atoms with E-state index in [2.05, 4.69) is 15.4 Å². The van der Waals surface area contributed by atoms with E-state index in [1.807, 2.05) is 48.1 Å². The molecule has 3 aromatic rings. The standard InChI is InChI=1S/C17H17N5O2/c1-12-9-10-21(20-12)16-6-4-3-5-14(16)11-18-17-8-7-15(22(23)24)13(2)19-17/h3-10H,11H2,1-2H3,(H,18,19). The van der Waals surface area contributed by atoms with Gasteiger partial charge >= 0.3 is 0 Å². The summed E-state index contributed by atoms with van der Waals surface area (Å²) in [7, 11) is 0. The first kappa shape index (κ1) is 15.7. The van der Waals surface area contributed by atoms with Gasteiger partial charge in [-0.15, -0.1) is 0 Å². The van der Waals surface area contributed by atoms with Crippen molar-refractivity contribution in [1.29, 1.82) is 0 Å². The predicted molar refractivity (Wildman–Crippen MR) is 91.3 cm³/mol. The Hall–Kier alpha value is -3.22. The van der Waals surface area contributed by atoms with Crippen LogP contribution in [0.5, 0.6) is 0 Å². The van der Waals surface area contributed by atoms with Crippen LogP contribution in [0.1, 0.15) is 17.0 Å². The van der Waals surface area contributed by atoms with Crippen LogP contribution in [0, 0.1) is 24.0 Å². The molecule has 1 N–H and O–H groups in total. The smallest absolute Gasteiger partial charge is 0.290 e. The van der Waals surface area contributed by atoms with Gasteiger partial charge in [0.25, 0.3) is 5.69 Å². The van der Waals surface area contributed by atoms with Crippen LogP contribution >= 0.6 is 0 Å². The van der Waals surface area contributed by atoms with Gasteiger partial charge in [0.2, 0.25) is 0 Å². The molecule has 3 rings (SSSR count). The lowest BCUT2D eigenvalue weighted by molar-refractivity contribution is -0.385. The number of pyridine rings is 1. The van der Waals surface area contributed by atoms with Crippen LogP contribution < -0.4 is 5.32 Å². The highest BCUT2D eigenvalue weighted by Gasteiger charge is 2.12. The van der Waals surface area contributed by atoms with E-state index < -0.39 is 4.92 Å². The van der Waals surface area contributed by atoms with Gasteiger partial charge in [-0.2, -0.15) is 5.10 Å². The Morgan fingerprint density at radius 3 is 2.62 bits per heavy atom. The van der Waals surface area contributed by atoms with Crippen LogP contribution in [-0.4, -0.2) is 19.7 Å². The Labute approximate surface area is 139 Å². The van der Waals surface area contributed by atoms with Crippen LogP contribution in [0.15, 0.2) is 48.7 Å². The van der Waals surface area contributed by atoms with Crippen LogP contribution in [-0.2, 0) is 6.54 Å². The lowest BCUT2D eigenvalue weighted by Crippen LogP contribution is -2.07. The molecule has 7 nitrogen and oxygen atoms in total. The number of aromatic nitrogens is 3. The maximum Gasteiger partial charge on any atom is 0.290 e.